The largest absolute Gasteiger partial charge is 0.497 e. The minimum absolute atomic E-state index is 0.254. The summed E-state index contributed by atoms with van der Waals surface area (Å²) in [6, 6.07) is 20.9. The number of ether oxygens (including phenoxy) is 2. The zero-order valence-electron chi connectivity index (χ0n) is 19.7. The molecule has 2 heterocycles. The van der Waals surface area contributed by atoms with Crippen LogP contribution in [0.1, 0.15) is 21.5 Å². The maximum absolute atomic E-state index is 13.5. The molecule has 0 unspecified atom stereocenters. The first kappa shape index (κ1) is 22.2. The number of rotatable bonds is 6. The number of nitrogens with zero attached hydrogens (tertiary/aromatic N) is 3. The number of hydrogen-bond donors (Lipinski definition) is 2. The molecule has 176 valence electrons. The Kier molecular flexibility index (Phi) is 5.70. The Labute approximate surface area is 202 Å². The second-order valence-electron chi connectivity index (χ2n) is 8.22. The van der Waals surface area contributed by atoms with Gasteiger partial charge in [0.2, 0.25) is 0 Å². The third-order valence-electron chi connectivity index (χ3n) is 5.88. The first-order valence-corrected chi connectivity index (χ1v) is 11.1. The monoisotopic (exact) mass is 467 g/mol. The Morgan fingerprint density at radius 2 is 1.57 bits per heavy atom. The van der Waals surface area contributed by atoms with Crippen LogP contribution in [0.25, 0.3) is 27.9 Å². The maximum atomic E-state index is 13.5. The van der Waals surface area contributed by atoms with Crippen LogP contribution in [0.3, 0.4) is 0 Å². The minimum atomic E-state index is -0.343. The number of benzene rings is 3. The highest BCUT2D eigenvalue weighted by Gasteiger charge is 2.24. The minimum Gasteiger partial charge on any atom is -0.497 e. The number of aromatic nitrogens is 3. The Morgan fingerprint density at radius 3 is 2.20 bits per heavy atom. The second-order valence-corrected chi connectivity index (χ2v) is 8.22. The second kappa shape index (κ2) is 8.98. The van der Waals surface area contributed by atoms with E-state index in [1.54, 1.807) is 24.9 Å². The van der Waals surface area contributed by atoms with Gasteiger partial charge in [0, 0.05) is 18.3 Å². The average molecular weight is 468 g/mol. The molecular weight excluding hydrogens is 442 g/mol. The van der Waals surface area contributed by atoms with Crippen molar-refractivity contribution in [3.05, 3.63) is 83.4 Å². The van der Waals surface area contributed by atoms with E-state index in [-0.39, 0.29) is 23.8 Å². The number of nitrogens with one attached hydrogen (secondary N) is 1. The number of aryl methyl sites for hydroxylation is 1. The quantitative estimate of drug-likeness (QED) is 0.383. The zero-order valence-corrected chi connectivity index (χ0v) is 19.7. The summed E-state index contributed by atoms with van der Waals surface area (Å²) in [5, 5.41) is 2.96. The van der Waals surface area contributed by atoms with Gasteiger partial charge in [-0.25, -0.2) is 9.97 Å². The smallest absolute Gasteiger partial charge is 0.257 e. The van der Waals surface area contributed by atoms with Crippen LogP contribution in [0.4, 0.5) is 5.82 Å². The van der Waals surface area contributed by atoms with Crippen molar-refractivity contribution in [2.24, 2.45) is 0 Å². The fourth-order valence-corrected chi connectivity index (χ4v) is 4.08. The molecule has 2 aromatic heterocycles. The van der Waals surface area contributed by atoms with E-state index in [1.807, 2.05) is 67.6 Å². The van der Waals surface area contributed by atoms with E-state index in [4.69, 9.17) is 25.2 Å². The molecule has 0 aliphatic heterocycles. The van der Waals surface area contributed by atoms with E-state index in [1.165, 1.54) is 0 Å². The normalized spacial score (nSPS) is 11.1. The summed E-state index contributed by atoms with van der Waals surface area (Å²) < 4.78 is 12.4. The van der Waals surface area contributed by atoms with Crippen LogP contribution in [-0.2, 0) is 6.54 Å². The Hall–Kier alpha value is -4.59. The van der Waals surface area contributed by atoms with Crippen LogP contribution in [0, 0.1) is 6.92 Å². The third kappa shape index (κ3) is 4.10. The van der Waals surface area contributed by atoms with Crippen molar-refractivity contribution in [1.29, 1.82) is 0 Å². The molecule has 0 saturated heterocycles. The summed E-state index contributed by atoms with van der Waals surface area (Å²) in [4.78, 5) is 23.0. The number of nitrogen functional groups attached to an aromatic ring is 1. The molecule has 0 bridgehead atoms. The van der Waals surface area contributed by atoms with Crippen molar-refractivity contribution in [3.63, 3.8) is 0 Å². The summed E-state index contributed by atoms with van der Waals surface area (Å²) in [5.74, 6) is 1.22. The molecule has 0 aliphatic rings. The molecular formula is C27H25N5O3. The number of hydrogen-bond acceptors (Lipinski definition) is 6. The number of fused-ring (bicyclic) bond motifs is 2. The van der Waals surface area contributed by atoms with Crippen molar-refractivity contribution in [2.45, 2.75) is 13.5 Å². The molecule has 8 nitrogen and oxygen atoms in total. The SMILES string of the molecule is COc1cc(CNC(=O)c2c(N)n(-c3ccc(C)cc3)c3nc4ccccc4nc23)cc(OC)c1. The van der Waals surface area contributed by atoms with Crippen molar-refractivity contribution >= 4 is 33.9 Å². The number of carbonyl (C=O) groups excluding carboxylic acids is 1. The fraction of sp³-hybridized carbons (Fsp3) is 0.148. The molecule has 5 aromatic rings. The van der Waals surface area contributed by atoms with E-state index < -0.39 is 0 Å². The molecule has 3 N–H and O–H groups in total. The number of carbonyl (C=O) groups is 1. The van der Waals surface area contributed by atoms with Crippen LogP contribution >= 0.6 is 0 Å². The molecule has 8 heteroatoms. The Balaban J connectivity index is 1.60. The molecule has 0 radical (unpaired) electrons. The van der Waals surface area contributed by atoms with Gasteiger partial charge in [-0.3, -0.25) is 9.36 Å². The molecule has 35 heavy (non-hydrogen) atoms. The van der Waals surface area contributed by atoms with Gasteiger partial charge in [0.25, 0.3) is 5.91 Å². The van der Waals surface area contributed by atoms with Crippen molar-refractivity contribution in [2.75, 3.05) is 20.0 Å². The summed E-state index contributed by atoms with van der Waals surface area (Å²) in [7, 11) is 3.17. The fourth-order valence-electron chi connectivity index (χ4n) is 4.08. The summed E-state index contributed by atoms with van der Waals surface area (Å²) in [6.07, 6.45) is 0. The van der Waals surface area contributed by atoms with E-state index in [0.29, 0.717) is 28.2 Å². The van der Waals surface area contributed by atoms with E-state index >= 15 is 0 Å². The van der Waals surface area contributed by atoms with Gasteiger partial charge in [0.05, 0.1) is 25.3 Å². The van der Waals surface area contributed by atoms with Crippen molar-refractivity contribution in [1.82, 2.24) is 19.9 Å². The van der Waals surface area contributed by atoms with Gasteiger partial charge < -0.3 is 20.5 Å². The number of nitrogens with two attached hydrogens (primary N) is 1. The topological polar surface area (TPSA) is 104 Å². The number of amides is 1. The lowest BCUT2D eigenvalue weighted by Crippen LogP contribution is -2.24. The van der Waals surface area contributed by atoms with Crippen molar-refractivity contribution in [3.8, 4) is 17.2 Å². The molecule has 0 atom stereocenters. The molecule has 0 spiro atoms. The lowest BCUT2D eigenvalue weighted by Gasteiger charge is -2.10. The van der Waals surface area contributed by atoms with Crippen LogP contribution in [0.2, 0.25) is 0 Å². The lowest BCUT2D eigenvalue weighted by atomic mass is 10.2. The Morgan fingerprint density at radius 1 is 0.943 bits per heavy atom. The number of methoxy groups -OCH3 is 2. The van der Waals surface area contributed by atoms with Crippen LogP contribution in [-0.4, -0.2) is 34.7 Å². The summed E-state index contributed by atoms with van der Waals surface area (Å²) in [6.45, 7) is 2.27. The number of anilines is 1. The summed E-state index contributed by atoms with van der Waals surface area (Å²) in [5.41, 5.74) is 12.0. The lowest BCUT2D eigenvalue weighted by molar-refractivity contribution is 0.0953. The van der Waals surface area contributed by atoms with Gasteiger partial charge in [-0.05, 0) is 48.9 Å². The number of para-hydroxylation sites is 2. The van der Waals surface area contributed by atoms with Gasteiger partial charge in [-0.15, -0.1) is 0 Å². The first-order chi connectivity index (χ1) is 17.0. The van der Waals surface area contributed by atoms with E-state index in [2.05, 4.69) is 5.32 Å². The van der Waals surface area contributed by atoms with Gasteiger partial charge >= 0.3 is 0 Å². The highest BCUT2D eigenvalue weighted by atomic mass is 16.5. The van der Waals surface area contributed by atoms with Crippen molar-refractivity contribution < 1.29 is 14.3 Å². The summed E-state index contributed by atoms with van der Waals surface area (Å²) >= 11 is 0. The first-order valence-electron chi connectivity index (χ1n) is 11.1. The van der Waals surface area contributed by atoms with Gasteiger partial charge in [-0.1, -0.05) is 29.8 Å². The van der Waals surface area contributed by atoms with E-state index in [9.17, 15) is 4.79 Å². The molecule has 0 aliphatic carbocycles. The maximum Gasteiger partial charge on any atom is 0.257 e. The third-order valence-corrected chi connectivity index (χ3v) is 5.88. The molecule has 3 aromatic carbocycles. The molecule has 0 fully saturated rings. The van der Waals surface area contributed by atoms with Gasteiger partial charge in [0.15, 0.2) is 5.65 Å². The van der Waals surface area contributed by atoms with Gasteiger partial charge in [-0.2, -0.15) is 0 Å². The standard InChI is InChI=1S/C27H25N5O3/c1-16-8-10-18(11-9-16)32-25(28)23(24-26(32)31-22-7-5-4-6-21(22)30-24)27(33)29-15-17-12-19(34-2)14-20(13-17)35-3/h4-14H,15,28H2,1-3H3,(H,29,33). The van der Waals surface area contributed by atoms with Gasteiger partial charge in [0.1, 0.15) is 28.4 Å². The average Bonchev–Trinajstić information content (AvgIpc) is 3.16. The zero-order chi connectivity index (χ0) is 24.5. The highest BCUT2D eigenvalue weighted by molar-refractivity contribution is 6.11. The van der Waals surface area contributed by atoms with Crippen LogP contribution in [0.15, 0.2) is 66.7 Å². The predicted molar refractivity (Wildman–Crippen MR) is 136 cm³/mol. The van der Waals surface area contributed by atoms with Crippen LogP contribution < -0.4 is 20.5 Å². The highest BCUT2D eigenvalue weighted by Crippen LogP contribution is 2.31. The van der Waals surface area contributed by atoms with E-state index in [0.717, 1.165) is 22.3 Å². The predicted octanol–water partition coefficient (Wildman–Crippen LogP) is 4.41. The Bertz CT molecular complexity index is 1540. The molecule has 5 rings (SSSR count). The molecule has 0 saturated carbocycles. The van der Waals surface area contributed by atoms with Crippen LogP contribution in [0.5, 0.6) is 11.5 Å². The molecule has 1 amide bonds.